The third-order valence-corrected chi connectivity index (χ3v) is 5.43. The van der Waals surface area contributed by atoms with Gasteiger partial charge in [-0.15, -0.1) is 0 Å². The van der Waals surface area contributed by atoms with Crippen LogP contribution in [0, 0.1) is 0 Å². The molecule has 0 amide bonds. The standard InChI is InChI=1S/C20H16ClF6NO2/c21-15-8-7-13(20(25,26)27)10-14(15)17(28-9-1-2-16(28)18(29)30)11-3-5-12(6-4-11)19(22,23)24/h3-8,10,16-17H,1-2,9H2,(H,29,30). The fourth-order valence-electron chi connectivity index (χ4n) is 3.70. The molecule has 1 fully saturated rings. The zero-order valence-electron chi connectivity index (χ0n) is 15.3. The van der Waals surface area contributed by atoms with Crippen LogP contribution in [-0.4, -0.2) is 28.6 Å². The van der Waals surface area contributed by atoms with Gasteiger partial charge in [0.15, 0.2) is 0 Å². The average molecular weight is 452 g/mol. The van der Waals surface area contributed by atoms with E-state index in [1.165, 1.54) is 4.90 Å². The number of hydrogen-bond acceptors (Lipinski definition) is 2. The molecule has 3 nitrogen and oxygen atoms in total. The summed E-state index contributed by atoms with van der Waals surface area (Å²) in [7, 11) is 0. The molecule has 1 aliphatic rings. The molecule has 10 heteroatoms. The van der Waals surface area contributed by atoms with Gasteiger partial charge < -0.3 is 5.11 Å². The van der Waals surface area contributed by atoms with Crippen LogP contribution in [0.4, 0.5) is 26.3 Å². The van der Waals surface area contributed by atoms with Crippen molar-refractivity contribution in [2.24, 2.45) is 0 Å². The normalized spacial score (nSPS) is 19.1. The lowest BCUT2D eigenvalue weighted by molar-refractivity contribution is -0.143. The van der Waals surface area contributed by atoms with Crippen LogP contribution in [0.5, 0.6) is 0 Å². The largest absolute Gasteiger partial charge is 0.480 e. The number of hydrogen-bond donors (Lipinski definition) is 1. The molecule has 1 aliphatic heterocycles. The quantitative estimate of drug-likeness (QED) is 0.578. The number of alkyl halides is 6. The summed E-state index contributed by atoms with van der Waals surface area (Å²) in [6.45, 7) is 0.245. The van der Waals surface area contributed by atoms with Crippen LogP contribution in [0.15, 0.2) is 42.5 Å². The van der Waals surface area contributed by atoms with Gasteiger partial charge in [0.25, 0.3) is 0 Å². The third-order valence-electron chi connectivity index (χ3n) is 5.08. The van der Waals surface area contributed by atoms with E-state index in [1.807, 2.05) is 0 Å². The Morgan fingerprint density at radius 3 is 2.10 bits per heavy atom. The van der Waals surface area contributed by atoms with E-state index in [0.717, 1.165) is 42.5 Å². The molecule has 0 radical (unpaired) electrons. The average Bonchev–Trinajstić information content (AvgIpc) is 3.12. The second kappa shape index (κ2) is 8.11. The molecule has 1 heterocycles. The molecule has 0 aliphatic carbocycles. The SMILES string of the molecule is O=C(O)C1CCCN1C(c1ccc(C(F)(F)F)cc1)c1cc(C(F)(F)F)ccc1Cl. The van der Waals surface area contributed by atoms with Crippen molar-refractivity contribution in [3.8, 4) is 0 Å². The van der Waals surface area contributed by atoms with Crippen molar-refractivity contribution in [2.75, 3.05) is 6.54 Å². The molecule has 0 saturated carbocycles. The molecule has 2 aromatic rings. The van der Waals surface area contributed by atoms with Crippen LogP contribution in [0.1, 0.15) is 41.1 Å². The Balaban J connectivity index is 2.15. The maximum atomic E-state index is 13.3. The first-order valence-corrected chi connectivity index (χ1v) is 9.29. The highest BCUT2D eigenvalue weighted by molar-refractivity contribution is 6.31. The molecule has 162 valence electrons. The minimum absolute atomic E-state index is 0.0144. The minimum Gasteiger partial charge on any atom is -0.480 e. The number of aliphatic carboxylic acids is 1. The molecular formula is C20H16ClF6NO2. The summed E-state index contributed by atoms with van der Waals surface area (Å²) < 4.78 is 78.5. The third kappa shape index (κ3) is 4.57. The second-order valence-electron chi connectivity index (χ2n) is 6.99. The predicted molar refractivity (Wildman–Crippen MR) is 97.1 cm³/mol. The number of rotatable bonds is 4. The van der Waals surface area contributed by atoms with E-state index in [2.05, 4.69) is 0 Å². The predicted octanol–water partition coefficient (Wildman–Crippen LogP) is 6.02. The van der Waals surface area contributed by atoms with Crippen LogP contribution >= 0.6 is 11.6 Å². The first-order chi connectivity index (χ1) is 13.9. The highest BCUT2D eigenvalue weighted by atomic mass is 35.5. The summed E-state index contributed by atoms with van der Waals surface area (Å²) in [5.41, 5.74) is -1.70. The molecule has 0 aromatic heterocycles. The lowest BCUT2D eigenvalue weighted by atomic mass is 9.94. The maximum absolute atomic E-state index is 13.3. The van der Waals surface area contributed by atoms with E-state index in [-0.39, 0.29) is 29.1 Å². The number of nitrogens with zero attached hydrogens (tertiary/aromatic N) is 1. The molecule has 0 bridgehead atoms. The van der Waals surface area contributed by atoms with Gasteiger partial charge >= 0.3 is 18.3 Å². The Hall–Kier alpha value is -2.26. The van der Waals surface area contributed by atoms with Crippen LogP contribution in [0.3, 0.4) is 0 Å². The molecule has 2 unspecified atom stereocenters. The van der Waals surface area contributed by atoms with Crippen molar-refractivity contribution < 1.29 is 36.2 Å². The van der Waals surface area contributed by atoms with Gasteiger partial charge in [-0.3, -0.25) is 9.69 Å². The van der Waals surface area contributed by atoms with Gasteiger partial charge in [-0.1, -0.05) is 23.7 Å². The number of carboxylic acids is 1. The van der Waals surface area contributed by atoms with Crippen molar-refractivity contribution in [1.82, 2.24) is 4.90 Å². The van der Waals surface area contributed by atoms with Crippen LogP contribution < -0.4 is 0 Å². The van der Waals surface area contributed by atoms with Crippen LogP contribution in [0.25, 0.3) is 0 Å². The lowest BCUT2D eigenvalue weighted by Crippen LogP contribution is -2.39. The van der Waals surface area contributed by atoms with Crippen molar-refractivity contribution in [3.63, 3.8) is 0 Å². The number of carbonyl (C=O) groups is 1. The molecule has 2 atom stereocenters. The zero-order valence-corrected chi connectivity index (χ0v) is 16.0. The monoisotopic (exact) mass is 451 g/mol. The maximum Gasteiger partial charge on any atom is 0.416 e. The zero-order chi connectivity index (χ0) is 22.3. The topological polar surface area (TPSA) is 40.5 Å². The van der Waals surface area contributed by atoms with E-state index < -0.39 is 41.5 Å². The summed E-state index contributed by atoms with van der Waals surface area (Å²) in [6.07, 6.45) is -8.51. The van der Waals surface area contributed by atoms with Gasteiger partial charge in [-0.2, -0.15) is 26.3 Å². The summed E-state index contributed by atoms with van der Waals surface area (Å²) in [4.78, 5) is 13.1. The molecule has 2 aromatic carbocycles. The van der Waals surface area contributed by atoms with Gasteiger partial charge in [0.05, 0.1) is 17.2 Å². The Labute approximate surface area is 172 Å². The summed E-state index contributed by atoms with van der Waals surface area (Å²) in [6, 6.07) is 4.54. The summed E-state index contributed by atoms with van der Waals surface area (Å²) in [5, 5.41) is 9.49. The summed E-state index contributed by atoms with van der Waals surface area (Å²) in [5.74, 6) is -1.16. The van der Waals surface area contributed by atoms with Gasteiger partial charge in [0.2, 0.25) is 0 Å². The second-order valence-corrected chi connectivity index (χ2v) is 7.40. The fourth-order valence-corrected chi connectivity index (χ4v) is 3.92. The van der Waals surface area contributed by atoms with E-state index in [0.29, 0.717) is 6.42 Å². The molecule has 3 rings (SSSR count). The first kappa shape index (κ1) is 22.4. The van der Waals surface area contributed by atoms with Crippen LogP contribution in [0.2, 0.25) is 5.02 Å². The number of likely N-dealkylation sites (tertiary alicyclic amines) is 1. The van der Waals surface area contributed by atoms with Crippen LogP contribution in [-0.2, 0) is 17.1 Å². The fraction of sp³-hybridized carbons (Fsp3) is 0.350. The molecule has 1 saturated heterocycles. The van der Waals surface area contributed by atoms with Gasteiger partial charge in [-0.25, -0.2) is 0 Å². The molecule has 0 spiro atoms. The Bertz CT molecular complexity index is 926. The minimum atomic E-state index is -4.67. The summed E-state index contributed by atoms with van der Waals surface area (Å²) >= 11 is 6.18. The van der Waals surface area contributed by atoms with Crippen molar-refractivity contribution in [3.05, 3.63) is 69.7 Å². The first-order valence-electron chi connectivity index (χ1n) is 8.92. The highest BCUT2D eigenvalue weighted by Gasteiger charge is 2.39. The van der Waals surface area contributed by atoms with E-state index in [9.17, 15) is 36.2 Å². The van der Waals surface area contributed by atoms with Gasteiger partial charge in [0, 0.05) is 11.6 Å². The molecule has 1 N–H and O–H groups in total. The highest BCUT2D eigenvalue weighted by Crippen LogP contribution is 2.41. The molecular weight excluding hydrogens is 436 g/mol. The van der Waals surface area contributed by atoms with E-state index in [4.69, 9.17) is 11.6 Å². The Morgan fingerprint density at radius 1 is 1.00 bits per heavy atom. The van der Waals surface area contributed by atoms with Gasteiger partial charge in [0.1, 0.15) is 6.04 Å². The Morgan fingerprint density at radius 2 is 1.57 bits per heavy atom. The van der Waals surface area contributed by atoms with Crippen molar-refractivity contribution in [2.45, 2.75) is 37.3 Å². The van der Waals surface area contributed by atoms with Crippen molar-refractivity contribution >= 4 is 17.6 Å². The molecule has 30 heavy (non-hydrogen) atoms. The van der Waals surface area contributed by atoms with Gasteiger partial charge in [-0.05, 0) is 54.3 Å². The number of halogens is 7. The van der Waals surface area contributed by atoms with E-state index in [1.54, 1.807) is 0 Å². The van der Waals surface area contributed by atoms with Crippen molar-refractivity contribution in [1.29, 1.82) is 0 Å². The van der Waals surface area contributed by atoms with E-state index >= 15 is 0 Å². The smallest absolute Gasteiger partial charge is 0.416 e. The lowest BCUT2D eigenvalue weighted by Gasteiger charge is -2.33. The number of carboxylic acid groups (broad SMARTS) is 1. The Kier molecular flexibility index (Phi) is 6.06. The number of benzene rings is 2.